The molecule has 1 aliphatic rings. The van der Waals surface area contributed by atoms with Gasteiger partial charge in [-0.25, -0.2) is 0 Å². The summed E-state index contributed by atoms with van der Waals surface area (Å²) in [6, 6.07) is 3.79. The molecule has 0 saturated carbocycles. The van der Waals surface area contributed by atoms with Crippen molar-refractivity contribution in [3.8, 4) is 0 Å². The quantitative estimate of drug-likeness (QED) is 0.607. The van der Waals surface area contributed by atoms with Gasteiger partial charge in [0.15, 0.2) is 0 Å². The number of hydrogen-bond acceptors (Lipinski definition) is 6. The van der Waals surface area contributed by atoms with E-state index in [0.29, 0.717) is 6.54 Å². The zero-order chi connectivity index (χ0) is 17.8. The third-order valence-corrected chi connectivity index (χ3v) is 4.42. The Kier molecular flexibility index (Phi) is 5.11. The minimum absolute atomic E-state index is 0.0708. The number of rotatable bonds is 5. The van der Waals surface area contributed by atoms with Crippen LogP contribution in [0.5, 0.6) is 0 Å². The van der Waals surface area contributed by atoms with Gasteiger partial charge < -0.3 is 19.4 Å². The molecule has 0 aliphatic carbocycles. The molecule has 1 amide bonds. The highest BCUT2D eigenvalue weighted by atomic mass is 16.6. The molecule has 1 saturated heterocycles. The Morgan fingerprint density at radius 3 is 2.92 bits per heavy atom. The van der Waals surface area contributed by atoms with Crippen LogP contribution < -0.4 is 0 Å². The zero-order valence-electron chi connectivity index (χ0n) is 14.1. The third-order valence-electron chi connectivity index (χ3n) is 4.42. The second-order valence-corrected chi connectivity index (χ2v) is 6.11. The summed E-state index contributed by atoms with van der Waals surface area (Å²) in [6.07, 6.45) is 5.90. The highest BCUT2D eigenvalue weighted by Crippen LogP contribution is 2.31. The van der Waals surface area contributed by atoms with Crippen LogP contribution in [0.2, 0.25) is 0 Å². The normalized spacial score (nSPS) is 18.1. The molecule has 3 rings (SSSR count). The van der Waals surface area contributed by atoms with Crippen molar-refractivity contribution in [1.82, 2.24) is 19.7 Å². The highest BCUT2D eigenvalue weighted by Gasteiger charge is 2.30. The van der Waals surface area contributed by atoms with Crippen LogP contribution in [0.1, 0.15) is 50.2 Å². The number of nitro groups is 1. The van der Waals surface area contributed by atoms with Crippen molar-refractivity contribution in [2.45, 2.75) is 51.6 Å². The van der Waals surface area contributed by atoms with Gasteiger partial charge in [-0.1, -0.05) is 24.7 Å². The molecule has 134 valence electrons. The molecule has 0 bridgehead atoms. The minimum Gasteiger partial charge on any atom is -0.464 e. The number of furan rings is 1. The van der Waals surface area contributed by atoms with Gasteiger partial charge in [-0.05, 0) is 29.9 Å². The molecule has 9 nitrogen and oxygen atoms in total. The summed E-state index contributed by atoms with van der Waals surface area (Å²) in [5, 5.41) is 14.4. The lowest BCUT2D eigenvalue weighted by Crippen LogP contribution is -2.37. The highest BCUT2D eigenvalue weighted by molar-refractivity contribution is 5.76. The zero-order valence-corrected chi connectivity index (χ0v) is 14.1. The van der Waals surface area contributed by atoms with E-state index in [1.54, 1.807) is 4.90 Å². The topological polar surface area (TPSA) is 107 Å². The van der Waals surface area contributed by atoms with Crippen molar-refractivity contribution >= 4 is 11.9 Å². The monoisotopic (exact) mass is 347 g/mol. The predicted octanol–water partition coefficient (Wildman–Crippen LogP) is 2.49. The van der Waals surface area contributed by atoms with Crippen LogP contribution >= 0.6 is 0 Å². The first-order valence-corrected chi connectivity index (χ1v) is 8.50. The Bertz CT molecular complexity index is 753. The molecule has 3 heterocycles. The fourth-order valence-corrected chi connectivity index (χ4v) is 3.14. The average molecular weight is 347 g/mol. The van der Waals surface area contributed by atoms with Crippen LogP contribution in [0, 0.1) is 10.1 Å². The summed E-state index contributed by atoms with van der Waals surface area (Å²) in [6.45, 7) is 2.59. The lowest BCUT2D eigenvalue weighted by Gasteiger charge is -2.28. The molecule has 2 aromatic heterocycles. The van der Waals surface area contributed by atoms with Gasteiger partial charge in [0.2, 0.25) is 12.2 Å². The molecule has 0 aromatic carbocycles. The summed E-state index contributed by atoms with van der Waals surface area (Å²) in [5.74, 6) is 1.07. The van der Waals surface area contributed by atoms with Gasteiger partial charge in [0, 0.05) is 18.1 Å². The summed E-state index contributed by atoms with van der Waals surface area (Å²) >= 11 is 0. The van der Waals surface area contributed by atoms with E-state index in [0.717, 1.165) is 43.6 Å². The molecule has 0 unspecified atom stereocenters. The lowest BCUT2D eigenvalue weighted by atomic mass is 10.1. The van der Waals surface area contributed by atoms with E-state index in [-0.39, 0.29) is 18.5 Å². The van der Waals surface area contributed by atoms with Crippen LogP contribution in [0.15, 0.2) is 22.9 Å². The number of amides is 1. The van der Waals surface area contributed by atoms with Crippen LogP contribution in [0.25, 0.3) is 0 Å². The average Bonchev–Trinajstić information content (AvgIpc) is 3.19. The standard InChI is InChI=1S/C16H21N5O4/c1-2-12-7-8-14(25-12)13-6-4-3-5-9-20(13)15(22)10-19-11-17-16(18-19)21(23)24/h7-8,11,13H,2-6,9-10H2,1H3/t13-/m1/s1. The maximum atomic E-state index is 12.8. The van der Waals surface area contributed by atoms with Gasteiger partial charge in [0.05, 0.1) is 6.04 Å². The van der Waals surface area contributed by atoms with Gasteiger partial charge in [0.1, 0.15) is 18.1 Å². The van der Waals surface area contributed by atoms with E-state index in [2.05, 4.69) is 10.1 Å². The van der Waals surface area contributed by atoms with E-state index in [4.69, 9.17) is 4.42 Å². The molecule has 2 aromatic rings. The number of likely N-dealkylation sites (tertiary alicyclic amines) is 1. The molecular formula is C16H21N5O4. The molecule has 25 heavy (non-hydrogen) atoms. The number of carbonyl (C=O) groups is 1. The van der Waals surface area contributed by atoms with Crippen LogP contribution in [0.3, 0.4) is 0 Å². The fraction of sp³-hybridized carbons (Fsp3) is 0.562. The smallest absolute Gasteiger partial charge is 0.464 e. The number of carbonyl (C=O) groups excluding carboxylic acids is 1. The van der Waals surface area contributed by atoms with Crippen molar-refractivity contribution in [3.05, 3.63) is 40.1 Å². The number of nitrogens with zero attached hydrogens (tertiary/aromatic N) is 5. The van der Waals surface area contributed by atoms with Gasteiger partial charge in [0.25, 0.3) is 0 Å². The van der Waals surface area contributed by atoms with Gasteiger partial charge >= 0.3 is 5.95 Å². The van der Waals surface area contributed by atoms with Crippen molar-refractivity contribution in [3.63, 3.8) is 0 Å². The Morgan fingerprint density at radius 2 is 2.24 bits per heavy atom. The van der Waals surface area contributed by atoms with E-state index in [1.807, 2.05) is 19.1 Å². The second kappa shape index (κ2) is 7.45. The SMILES string of the molecule is CCc1ccc([C@H]2CCCCCN2C(=O)Cn2cnc([N+](=O)[O-])n2)o1. The van der Waals surface area contributed by atoms with Crippen molar-refractivity contribution in [1.29, 1.82) is 0 Å². The minimum atomic E-state index is -0.676. The predicted molar refractivity (Wildman–Crippen MR) is 87.7 cm³/mol. The fourth-order valence-electron chi connectivity index (χ4n) is 3.14. The molecular weight excluding hydrogens is 326 g/mol. The Labute approximate surface area is 144 Å². The number of aromatic nitrogens is 3. The first-order chi connectivity index (χ1) is 12.1. The van der Waals surface area contributed by atoms with E-state index in [1.165, 1.54) is 11.0 Å². The number of aryl methyl sites for hydroxylation is 1. The molecule has 0 N–H and O–H groups in total. The van der Waals surface area contributed by atoms with Gasteiger partial charge in [-0.3, -0.25) is 4.79 Å². The lowest BCUT2D eigenvalue weighted by molar-refractivity contribution is -0.394. The van der Waals surface area contributed by atoms with Crippen LogP contribution in [-0.2, 0) is 17.8 Å². The number of hydrogen-bond donors (Lipinski definition) is 0. The van der Waals surface area contributed by atoms with Crippen molar-refractivity contribution in [2.24, 2.45) is 0 Å². The molecule has 0 spiro atoms. The maximum absolute atomic E-state index is 12.8. The Morgan fingerprint density at radius 1 is 1.40 bits per heavy atom. The van der Waals surface area contributed by atoms with Crippen molar-refractivity contribution in [2.75, 3.05) is 6.54 Å². The van der Waals surface area contributed by atoms with E-state index < -0.39 is 10.9 Å². The molecule has 0 radical (unpaired) electrons. The molecule has 9 heteroatoms. The third kappa shape index (κ3) is 3.86. The van der Waals surface area contributed by atoms with Crippen molar-refractivity contribution < 1.29 is 14.1 Å². The molecule has 1 fully saturated rings. The summed E-state index contributed by atoms with van der Waals surface area (Å²) < 4.78 is 7.09. The largest absolute Gasteiger partial charge is 0.490 e. The summed E-state index contributed by atoms with van der Waals surface area (Å²) in [5.41, 5.74) is 0. The first-order valence-electron chi connectivity index (χ1n) is 8.50. The first kappa shape index (κ1) is 17.1. The van der Waals surface area contributed by atoms with Crippen LogP contribution in [0.4, 0.5) is 5.95 Å². The van der Waals surface area contributed by atoms with E-state index >= 15 is 0 Å². The maximum Gasteiger partial charge on any atom is 0.490 e. The Balaban J connectivity index is 1.77. The summed E-state index contributed by atoms with van der Waals surface area (Å²) in [7, 11) is 0. The van der Waals surface area contributed by atoms with E-state index in [9.17, 15) is 14.9 Å². The Hall–Kier alpha value is -2.71. The van der Waals surface area contributed by atoms with Gasteiger partial charge in [-0.2, -0.15) is 4.68 Å². The second-order valence-electron chi connectivity index (χ2n) is 6.11. The molecule has 1 aliphatic heterocycles. The van der Waals surface area contributed by atoms with Gasteiger partial charge in [-0.15, -0.1) is 0 Å². The summed E-state index contributed by atoms with van der Waals surface area (Å²) in [4.78, 5) is 28.2. The molecule has 1 atom stereocenters. The van der Waals surface area contributed by atoms with Crippen LogP contribution in [-0.4, -0.2) is 37.0 Å².